The molecule has 0 spiro atoms. The van der Waals surface area contributed by atoms with Gasteiger partial charge in [0.15, 0.2) is 0 Å². The molecule has 2 aliphatic rings. The zero-order chi connectivity index (χ0) is 19.3. The molecule has 2 aliphatic heterocycles. The number of carboxylic acids is 1. The van der Waals surface area contributed by atoms with Crippen molar-refractivity contribution >= 4 is 86.8 Å². The van der Waals surface area contributed by atoms with Crippen molar-refractivity contribution in [2.45, 2.75) is 30.7 Å². The second-order valence-electron chi connectivity index (χ2n) is 6.47. The van der Waals surface area contributed by atoms with E-state index in [0.717, 1.165) is 5.00 Å². The van der Waals surface area contributed by atoms with Crippen LogP contribution in [-0.4, -0.2) is 91.3 Å². The number of aromatic nitrogens is 2. The van der Waals surface area contributed by atoms with Crippen molar-refractivity contribution in [1.82, 2.24) is 15.1 Å². The number of aliphatic carboxylic acids is 1. The van der Waals surface area contributed by atoms with Crippen LogP contribution >= 0.6 is 34.4 Å². The molecule has 3 atom stereocenters. The molecule has 0 radical (unpaired) electrons. The first-order chi connectivity index (χ1) is 12.8. The first-order valence-corrected chi connectivity index (χ1v) is 10.9. The molecule has 0 saturated carbocycles. The molecule has 12 heteroatoms. The van der Waals surface area contributed by atoms with Gasteiger partial charge in [0, 0.05) is 19.2 Å². The number of rotatable bonds is 4. The van der Waals surface area contributed by atoms with Crippen LogP contribution in [0.1, 0.15) is 16.9 Å². The van der Waals surface area contributed by atoms with Crippen LogP contribution in [0, 0.1) is 6.92 Å². The number of carbonyl (C=O) groups is 3. The Kier molecular flexibility index (Phi) is 6.23. The van der Waals surface area contributed by atoms with Crippen molar-refractivity contribution < 1.29 is 19.5 Å². The van der Waals surface area contributed by atoms with E-state index >= 15 is 0 Å². The molecule has 2 aromatic heterocycles. The number of thioether (sulfide) groups is 1. The van der Waals surface area contributed by atoms with Crippen molar-refractivity contribution in [3.8, 4) is 0 Å². The zero-order valence-electron chi connectivity index (χ0n) is 14.5. The number of amides is 2. The summed E-state index contributed by atoms with van der Waals surface area (Å²) in [6.45, 7) is 3.25. The van der Waals surface area contributed by atoms with Gasteiger partial charge in [0.05, 0.1) is 5.00 Å². The predicted octanol–water partition coefficient (Wildman–Crippen LogP) is 0.919. The Labute approximate surface area is 195 Å². The molecule has 2 saturated heterocycles. The number of hydrogen-bond acceptors (Lipinski definition) is 8. The molecule has 2 amide bonds. The fourth-order valence-corrected chi connectivity index (χ4v) is 6.74. The quantitative estimate of drug-likeness (QED) is 0.548. The van der Waals surface area contributed by atoms with E-state index in [9.17, 15) is 19.5 Å². The maximum absolute atomic E-state index is 12.9. The summed E-state index contributed by atoms with van der Waals surface area (Å²) in [5.41, 5.74) is -1.27. The Morgan fingerprint density at radius 2 is 2.14 bits per heavy atom. The van der Waals surface area contributed by atoms with Crippen molar-refractivity contribution in [2.75, 3.05) is 17.2 Å². The third-order valence-electron chi connectivity index (χ3n) is 4.76. The molecule has 0 aromatic carbocycles. The van der Waals surface area contributed by atoms with Gasteiger partial charge in [-0.05, 0) is 24.4 Å². The minimum atomic E-state index is -1.27. The maximum atomic E-state index is 12.9. The molecule has 2 fully saturated rings. The molecule has 28 heavy (non-hydrogen) atoms. The van der Waals surface area contributed by atoms with E-state index in [1.54, 1.807) is 17.9 Å². The number of carboxylic acid groups (broad SMARTS) is 1. The Morgan fingerprint density at radius 3 is 2.68 bits per heavy atom. The molecule has 2 aromatic rings. The fourth-order valence-electron chi connectivity index (χ4n) is 3.39. The van der Waals surface area contributed by atoms with Gasteiger partial charge in [-0.15, -0.1) is 44.6 Å². The van der Waals surface area contributed by atoms with Crippen molar-refractivity contribution in [1.29, 1.82) is 0 Å². The summed E-state index contributed by atoms with van der Waals surface area (Å²) in [5, 5.41) is 21.3. The van der Waals surface area contributed by atoms with Crippen molar-refractivity contribution in [2.24, 2.45) is 0 Å². The van der Waals surface area contributed by atoms with Gasteiger partial charge in [-0.3, -0.25) is 19.3 Å². The van der Waals surface area contributed by atoms with Crippen LogP contribution in [0.3, 0.4) is 0 Å². The summed E-state index contributed by atoms with van der Waals surface area (Å²) >= 11 is 4.02. The van der Waals surface area contributed by atoms with E-state index in [-0.39, 0.29) is 59.0 Å². The molecular formula is C16H17N4NaO4S3. The number of carbonyl (C=O) groups excluding carboxylic acids is 2. The fraction of sp³-hybridized carbons (Fsp3) is 0.438. The zero-order valence-corrected chi connectivity index (χ0v) is 16.9. The van der Waals surface area contributed by atoms with Crippen LogP contribution in [0.25, 0.3) is 0 Å². The molecule has 1 N–H and O–H groups in total. The first-order valence-electron chi connectivity index (χ1n) is 8.14. The topological polar surface area (TPSA) is 104 Å². The minimum absolute atomic E-state index is 0. The molecule has 144 valence electrons. The molecule has 8 nitrogen and oxygen atoms in total. The number of β-lactam (4-membered cyclic amide) rings is 1. The predicted molar refractivity (Wildman–Crippen MR) is 110 cm³/mol. The van der Waals surface area contributed by atoms with Crippen LogP contribution in [-0.2, 0) is 19.8 Å². The molecule has 0 bridgehead atoms. The Morgan fingerprint density at radius 1 is 1.39 bits per heavy atom. The van der Waals surface area contributed by atoms with Gasteiger partial charge in [0.2, 0.25) is 11.8 Å². The van der Waals surface area contributed by atoms with Gasteiger partial charge in [0.25, 0.3) is 0 Å². The van der Waals surface area contributed by atoms with Gasteiger partial charge < -0.3 is 10.0 Å². The first kappa shape index (κ1) is 21.7. The SMILES string of the molecule is CC(=O)N(c1cccs1)C1C(=O)N2CC(C(=O)O)(c3nnc(C)s3)CS[C@H]12.[NaH]. The van der Waals surface area contributed by atoms with E-state index in [1.165, 1.54) is 46.3 Å². The van der Waals surface area contributed by atoms with Gasteiger partial charge >= 0.3 is 35.5 Å². The average Bonchev–Trinajstić information content (AvgIpc) is 3.30. The summed E-state index contributed by atoms with van der Waals surface area (Å²) in [6.07, 6.45) is 0. The van der Waals surface area contributed by atoms with E-state index in [4.69, 9.17) is 0 Å². The van der Waals surface area contributed by atoms with Crippen LogP contribution in [0.4, 0.5) is 5.00 Å². The number of fused-ring (bicyclic) bond motifs is 1. The Hall–Kier alpha value is -0.980. The third kappa shape index (κ3) is 3.31. The van der Waals surface area contributed by atoms with Crippen molar-refractivity contribution in [3.63, 3.8) is 0 Å². The summed E-state index contributed by atoms with van der Waals surface area (Å²) < 4.78 is 0. The van der Waals surface area contributed by atoms with E-state index in [2.05, 4.69) is 10.2 Å². The van der Waals surface area contributed by atoms with Gasteiger partial charge in [0.1, 0.15) is 26.8 Å². The van der Waals surface area contributed by atoms with Gasteiger partial charge in [-0.25, -0.2) is 0 Å². The standard InChI is InChI=1S/C16H16N4O4S3.Na.H/c1-8-17-18-14(27-8)16(15(23)24)6-19-12(22)11(13(19)26-7-16)20(9(2)21)10-4-3-5-25-10;;/h3-5,11,13H,6-7H2,1-2H3,(H,23,24);;/t11?,13-,16?;;/m1../s1. The van der Waals surface area contributed by atoms with Crippen molar-refractivity contribution in [3.05, 3.63) is 27.5 Å². The number of thiophene rings is 1. The molecule has 2 unspecified atom stereocenters. The number of anilines is 1. The number of nitrogens with zero attached hydrogens (tertiary/aromatic N) is 4. The third-order valence-corrected chi connectivity index (χ3v) is 8.18. The average molecular weight is 449 g/mol. The molecular weight excluding hydrogens is 431 g/mol. The Balaban J connectivity index is 0.00000225. The summed E-state index contributed by atoms with van der Waals surface area (Å²) in [4.78, 5) is 40.3. The summed E-state index contributed by atoms with van der Waals surface area (Å²) in [7, 11) is 0. The summed E-state index contributed by atoms with van der Waals surface area (Å²) in [6, 6.07) is 3.04. The van der Waals surface area contributed by atoms with Crippen LogP contribution in [0.15, 0.2) is 17.5 Å². The van der Waals surface area contributed by atoms with E-state index < -0.39 is 17.4 Å². The second kappa shape index (κ2) is 8.04. The van der Waals surface area contributed by atoms with Gasteiger partial charge in [-0.1, -0.05) is 0 Å². The second-order valence-corrected chi connectivity index (χ2v) is 9.68. The van der Waals surface area contributed by atoms with Crippen LogP contribution in [0.2, 0.25) is 0 Å². The van der Waals surface area contributed by atoms with Crippen LogP contribution < -0.4 is 4.90 Å². The number of aryl methyl sites for hydroxylation is 1. The molecule has 0 aliphatic carbocycles. The monoisotopic (exact) mass is 448 g/mol. The van der Waals surface area contributed by atoms with E-state index in [0.29, 0.717) is 10.0 Å². The number of hydrogen-bond donors (Lipinski definition) is 1. The molecule has 4 rings (SSSR count). The van der Waals surface area contributed by atoms with Crippen LogP contribution in [0.5, 0.6) is 0 Å². The normalized spacial score (nSPS) is 26.1. The Bertz CT molecular complexity index is 921. The van der Waals surface area contributed by atoms with Gasteiger partial charge in [-0.2, -0.15) is 0 Å². The summed E-state index contributed by atoms with van der Waals surface area (Å²) in [5.74, 6) is -1.17. The van der Waals surface area contributed by atoms with E-state index in [1.807, 2.05) is 11.4 Å². The molecule has 4 heterocycles.